The molecule has 4 aliphatic rings. The number of ether oxygens (including phenoxy) is 1. The third-order valence-corrected chi connectivity index (χ3v) is 7.11. The van der Waals surface area contributed by atoms with Gasteiger partial charge >= 0.3 is 6.09 Å². The SMILES string of the molecule is O=C1OC2(CN3CCC2CC3)CN1c1csc(-c2ccsc2)c1. The van der Waals surface area contributed by atoms with E-state index in [0.717, 1.165) is 38.2 Å². The summed E-state index contributed by atoms with van der Waals surface area (Å²) in [7, 11) is 0. The number of anilines is 1. The van der Waals surface area contributed by atoms with Crippen molar-refractivity contribution < 1.29 is 9.53 Å². The second-order valence-corrected chi connectivity index (χ2v) is 8.44. The first-order chi connectivity index (χ1) is 11.2. The molecule has 2 bridgehead atoms. The van der Waals surface area contributed by atoms with Crippen LogP contribution in [0.3, 0.4) is 0 Å². The van der Waals surface area contributed by atoms with Gasteiger partial charge in [-0.1, -0.05) is 0 Å². The molecule has 6 heteroatoms. The van der Waals surface area contributed by atoms with E-state index in [1.165, 1.54) is 10.4 Å². The predicted molar refractivity (Wildman–Crippen MR) is 93.4 cm³/mol. The molecule has 1 atom stereocenters. The molecule has 1 spiro atoms. The molecule has 4 saturated heterocycles. The first-order valence-electron chi connectivity index (χ1n) is 8.07. The third-order valence-electron chi connectivity index (χ3n) is 5.46. The molecular formula is C17H18N2O2S2. The molecule has 4 aliphatic heterocycles. The van der Waals surface area contributed by atoms with E-state index >= 15 is 0 Å². The molecule has 2 aromatic heterocycles. The van der Waals surface area contributed by atoms with Crippen LogP contribution in [0.1, 0.15) is 12.8 Å². The minimum absolute atomic E-state index is 0.173. The van der Waals surface area contributed by atoms with Crippen LogP contribution in [0.2, 0.25) is 0 Å². The molecule has 120 valence electrons. The molecule has 0 N–H and O–H groups in total. The lowest BCUT2D eigenvalue weighted by atomic mass is 9.75. The quantitative estimate of drug-likeness (QED) is 0.827. The maximum absolute atomic E-state index is 12.5. The van der Waals surface area contributed by atoms with Crippen LogP contribution in [-0.2, 0) is 4.74 Å². The number of piperidine rings is 3. The van der Waals surface area contributed by atoms with Crippen molar-refractivity contribution in [3.63, 3.8) is 0 Å². The highest BCUT2D eigenvalue weighted by Gasteiger charge is 2.55. The summed E-state index contributed by atoms with van der Waals surface area (Å²) in [5.74, 6) is 0.524. The summed E-state index contributed by atoms with van der Waals surface area (Å²) >= 11 is 3.39. The molecule has 1 unspecified atom stereocenters. The zero-order valence-electron chi connectivity index (χ0n) is 12.7. The van der Waals surface area contributed by atoms with Gasteiger partial charge in [0.05, 0.1) is 12.2 Å². The number of nitrogens with zero attached hydrogens (tertiary/aromatic N) is 2. The number of carbonyl (C=O) groups excluding carboxylic acids is 1. The summed E-state index contributed by atoms with van der Waals surface area (Å²) in [6.45, 7) is 3.92. The molecule has 6 rings (SSSR count). The van der Waals surface area contributed by atoms with Gasteiger partial charge in [-0.3, -0.25) is 9.80 Å². The van der Waals surface area contributed by atoms with Crippen LogP contribution >= 0.6 is 22.7 Å². The van der Waals surface area contributed by atoms with Gasteiger partial charge in [0, 0.05) is 28.3 Å². The van der Waals surface area contributed by atoms with Crippen LogP contribution in [0.5, 0.6) is 0 Å². The number of amides is 1. The monoisotopic (exact) mass is 346 g/mol. The third kappa shape index (κ3) is 2.16. The van der Waals surface area contributed by atoms with Gasteiger partial charge in [-0.2, -0.15) is 11.3 Å². The van der Waals surface area contributed by atoms with Crippen molar-refractivity contribution in [2.45, 2.75) is 18.4 Å². The predicted octanol–water partition coefficient (Wildman–Crippen LogP) is 3.90. The number of hydrogen-bond donors (Lipinski definition) is 0. The highest BCUT2D eigenvalue weighted by Crippen LogP contribution is 2.44. The van der Waals surface area contributed by atoms with Crippen LogP contribution in [0, 0.1) is 5.92 Å². The van der Waals surface area contributed by atoms with E-state index in [-0.39, 0.29) is 11.7 Å². The molecular weight excluding hydrogens is 328 g/mol. The Morgan fingerprint density at radius 2 is 2.09 bits per heavy atom. The normalized spacial score (nSPS) is 32.7. The number of fused-ring (bicyclic) bond motifs is 2. The Morgan fingerprint density at radius 1 is 1.22 bits per heavy atom. The Hall–Kier alpha value is -1.37. The Bertz CT molecular complexity index is 734. The van der Waals surface area contributed by atoms with Crippen molar-refractivity contribution in [2.24, 2.45) is 5.92 Å². The van der Waals surface area contributed by atoms with Gasteiger partial charge < -0.3 is 4.74 Å². The van der Waals surface area contributed by atoms with Crippen molar-refractivity contribution in [1.82, 2.24) is 4.90 Å². The second-order valence-electron chi connectivity index (χ2n) is 6.75. The van der Waals surface area contributed by atoms with Gasteiger partial charge in [-0.25, -0.2) is 4.79 Å². The van der Waals surface area contributed by atoms with E-state index in [1.807, 2.05) is 4.90 Å². The van der Waals surface area contributed by atoms with Crippen LogP contribution in [0.15, 0.2) is 28.3 Å². The zero-order chi connectivity index (χ0) is 15.4. The maximum atomic E-state index is 12.5. The minimum Gasteiger partial charge on any atom is -0.439 e. The first-order valence-corrected chi connectivity index (χ1v) is 9.90. The lowest BCUT2D eigenvalue weighted by molar-refractivity contribution is -0.0881. The Kier molecular flexibility index (Phi) is 3.08. The fourth-order valence-corrected chi connectivity index (χ4v) is 5.86. The number of carbonyl (C=O) groups is 1. The summed E-state index contributed by atoms with van der Waals surface area (Å²) in [6.07, 6.45) is 2.14. The lowest BCUT2D eigenvalue weighted by Gasteiger charge is -2.49. The second kappa shape index (κ2) is 5.06. The Balaban J connectivity index is 1.43. The summed E-state index contributed by atoms with van der Waals surface area (Å²) in [6, 6.07) is 4.24. The smallest absolute Gasteiger partial charge is 0.415 e. The van der Waals surface area contributed by atoms with Gasteiger partial charge in [0.15, 0.2) is 0 Å². The maximum Gasteiger partial charge on any atom is 0.415 e. The number of hydrogen-bond acceptors (Lipinski definition) is 5. The van der Waals surface area contributed by atoms with Gasteiger partial charge in [-0.05, 0) is 48.8 Å². The zero-order valence-corrected chi connectivity index (χ0v) is 14.4. The highest BCUT2D eigenvalue weighted by molar-refractivity contribution is 7.14. The topological polar surface area (TPSA) is 32.8 Å². The van der Waals surface area contributed by atoms with Crippen LogP contribution in [-0.4, -0.2) is 42.8 Å². The van der Waals surface area contributed by atoms with Crippen molar-refractivity contribution in [3.05, 3.63) is 28.3 Å². The fourth-order valence-electron chi connectivity index (χ4n) is 4.23. The van der Waals surface area contributed by atoms with E-state index in [1.54, 1.807) is 22.7 Å². The molecule has 0 aliphatic carbocycles. The molecule has 0 saturated carbocycles. The Labute approximate surface area is 143 Å². The molecule has 1 amide bonds. The molecule has 0 aromatic carbocycles. The molecule has 0 radical (unpaired) electrons. The fraction of sp³-hybridized carbons (Fsp3) is 0.471. The molecule has 4 fully saturated rings. The standard InChI is InChI=1S/C17H18N2O2S2/c20-16-19(14-7-15(23-9-14)12-3-6-22-8-12)11-17(21-16)10-18-4-1-13(17)2-5-18/h3,6-9,13H,1-2,4-5,10-11H2. The van der Waals surface area contributed by atoms with Crippen molar-refractivity contribution in [2.75, 3.05) is 31.1 Å². The molecule has 2 aromatic rings. The van der Waals surface area contributed by atoms with Crippen LogP contribution < -0.4 is 4.90 Å². The lowest BCUT2D eigenvalue weighted by Crippen LogP contribution is -2.61. The van der Waals surface area contributed by atoms with Gasteiger partial charge in [-0.15, -0.1) is 11.3 Å². The van der Waals surface area contributed by atoms with E-state index < -0.39 is 0 Å². The largest absolute Gasteiger partial charge is 0.439 e. The average Bonchev–Trinajstić information content (AvgIpc) is 3.28. The van der Waals surface area contributed by atoms with Gasteiger partial charge in [0.2, 0.25) is 0 Å². The van der Waals surface area contributed by atoms with Crippen molar-refractivity contribution in [3.8, 4) is 10.4 Å². The summed E-state index contributed by atoms with van der Waals surface area (Å²) < 4.78 is 5.94. The molecule has 4 nitrogen and oxygen atoms in total. The van der Waals surface area contributed by atoms with E-state index in [2.05, 4.69) is 33.2 Å². The van der Waals surface area contributed by atoms with Crippen LogP contribution in [0.25, 0.3) is 10.4 Å². The summed E-state index contributed by atoms with van der Waals surface area (Å²) in [5.41, 5.74) is 1.93. The van der Waals surface area contributed by atoms with Crippen molar-refractivity contribution >= 4 is 34.5 Å². The first kappa shape index (κ1) is 14.0. The van der Waals surface area contributed by atoms with Gasteiger partial charge in [0.1, 0.15) is 5.60 Å². The minimum atomic E-state index is -0.280. The van der Waals surface area contributed by atoms with Crippen LogP contribution in [0.4, 0.5) is 10.5 Å². The van der Waals surface area contributed by atoms with E-state index in [4.69, 9.17) is 4.74 Å². The average molecular weight is 346 g/mol. The highest BCUT2D eigenvalue weighted by atomic mass is 32.1. The molecule has 6 heterocycles. The van der Waals surface area contributed by atoms with Gasteiger partial charge in [0.25, 0.3) is 0 Å². The van der Waals surface area contributed by atoms with E-state index in [9.17, 15) is 4.79 Å². The Morgan fingerprint density at radius 3 is 2.78 bits per heavy atom. The van der Waals surface area contributed by atoms with E-state index in [0.29, 0.717) is 12.5 Å². The summed E-state index contributed by atoms with van der Waals surface area (Å²) in [4.78, 5) is 18.0. The number of thiophene rings is 2. The summed E-state index contributed by atoms with van der Waals surface area (Å²) in [5, 5.41) is 6.31. The molecule has 23 heavy (non-hydrogen) atoms. The number of rotatable bonds is 2. The van der Waals surface area contributed by atoms with Crippen molar-refractivity contribution in [1.29, 1.82) is 0 Å².